The standard InChI is InChI=1S/C21H36N2O5/c1-5-9-12-16-27-20(25)18(14-11-7-3)22-19(24)17(13-10-6-2)23-21(26)28-15-8-4/h4,17-18H,5-7,9-16H2,1-3H3,(H,22,24)(H,23,26). The minimum Gasteiger partial charge on any atom is -0.464 e. The van der Waals surface area contributed by atoms with Crippen LogP contribution < -0.4 is 10.6 Å². The van der Waals surface area contributed by atoms with E-state index in [0.29, 0.717) is 19.4 Å². The average molecular weight is 397 g/mol. The molecule has 0 aliphatic carbocycles. The van der Waals surface area contributed by atoms with E-state index in [1.807, 2.05) is 13.8 Å². The molecule has 28 heavy (non-hydrogen) atoms. The first-order chi connectivity index (χ1) is 13.5. The number of unbranched alkanes of at least 4 members (excludes halogenated alkanes) is 4. The Kier molecular flexibility index (Phi) is 15.6. The zero-order chi connectivity index (χ0) is 21.2. The molecule has 0 saturated heterocycles. The predicted molar refractivity (Wildman–Crippen MR) is 109 cm³/mol. The summed E-state index contributed by atoms with van der Waals surface area (Å²) < 4.78 is 10.1. The van der Waals surface area contributed by atoms with Gasteiger partial charge in [-0.05, 0) is 19.3 Å². The molecule has 0 aromatic heterocycles. The summed E-state index contributed by atoms with van der Waals surface area (Å²) in [7, 11) is 0. The molecule has 2 unspecified atom stereocenters. The highest BCUT2D eigenvalue weighted by Crippen LogP contribution is 2.07. The van der Waals surface area contributed by atoms with Crippen molar-refractivity contribution >= 4 is 18.0 Å². The number of alkyl carbamates (subject to hydrolysis) is 1. The van der Waals surface area contributed by atoms with Gasteiger partial charge in [0.05, 0.1) is 6.61 Å². The molecule has 2 atom stereocenters. The van der Waals surface area contributed by atoms with Crippen molar-refractivity contribution in [2.24, 2.45) is 0 Å². The molecule has 160 valence electrons. The Hall–Kier alpha value is -2.23. The number of hydrogen-bond acceptors (Lipinski definition) is 5. The molecule has 0 saturated carbocycles. The minimum absolute atomic E-state index is 0.169. The molecule has 7 nitrogen and oxygen atoms in total. The molecule has 0 aromatic rings. The largest absolute Gasteiger partial charge is 0.464 e. The maximum atomic E-state index is 12.7. The van der Waals surface area contributed by atoms with Gasteiger partial charge in [0.25, 0.3) is 0 Å². The van der Waals surface area contributed by atoms with E-state index in [9.17, 15) is 14.4 Å². The fraction of sp³-hybridized carbons (Fsp3) is 0.762. The van der Waals surface area contributed by atoms with Crippen molar-refractivity contribution in [1.82, 2.24) is 10.6 Å². The summed E-state index contributed by atoms with van der Waals surface area (Å²) in [6, 6.07) is -1.51. The predicted octanol–water partition coefficient (Wildman–Crippen LogP) is 3.31. The van der Waals surface area contributed by atoms with Crippen LogP contribution in [-0.2, 0) is 19.1 Å². The van der Waals surface area contributed by atoms with Gasteiger partial charge in [-0.25, -0.2) is 9.59 Å². The number of terminal acetylenes is 1. The topological polar surface area (TPSA) is 93.7 Å². The van der Waals surface area contributed by atoms with Crippen molar-refractivity contribution in [3.8, 4) is 12.3 Å². The van der Waals surface area contributed by atoms with E-state index < -0.39 is 30.1 Å². The molecule has 0 aliphatic rings. The maximum absolute atomic E-state index is 12.7. The highest BCUT2D eigenvalue weighted by atomic mass is 16.5. The van der Waals surface area contributed by atoms with Gasteiger partial charge in [0.15, 0.2) is 6.61 Å². The van der Waals surface area contributed by atoms with Crippen LogP contribution in [0.25, 0.3) is 0 Å². The van der Waals surface area contributed by atoms with E-state index in [4.69, 9.17) is 15.9 Å². The molecule has 0 aromatic carbocycles. The van der Waals surface area contributed by atoms with E-state index in [0.717, 1.165) is 44.9 Å². The van der Waals surface area contributed by atoms with Crippen molar-refractivity contribution in [3.05, 3.63) is 0 Å². The second kappa shape index (κ2) is 16.9. The third-order valence-electron chi connectivity index (χ3n) is 4.18. The van der Waals surface area contributed by atoms with Crippen LogP contribution in [-0.4, -0.2) is 43.3 Å². The van der Waals surface area contributed by atoms with Gasteiger partial charge in [-0.3, -0.25) is 4.79 Å². The van der Waals surface area contributed by atoms with E-state index in [2.05, 4.69) is 23.5 Å². The van der Waals surface area contributed by atoms with Gasteiger partial charge in [0, 0.05) is 0 Å². The first-order valence-electron chi connectivity index (χ1n) is 10.3. The quantitative estimate of drug-likeness (QED) is 0.252. The smallest absolute Gasteiger partial charge is 0.408 e. The van der Waals surface area contributed by atoms with Crippen LogP contribution in [0, 0.1) is 12.3 Å². The number of carbonyl (C=O) groups is 3. The Morgan fingerprint density at radius 3 is 2.04 bits per heavy atom. The molecule has 2 amide bonds. The van der Waals surface area contributed by atoms with Crippen molar-refractivity contribution in [2.75, 3.05) is 13.2 Å². The summed E-state index contributed by atoms with van der Waals surface area (Å²) in [5.74, 6) is 1.35. The second-order valence-electron chi connectivity index (χ2n) is 6.70. The van der Waals surface area contributed by atoms with Crippen LogP contribution in [0.4, 0.5) is 4.79 Å². The fourth-order valence-corrected chi connectivity index (χ4v) is 2.52. The number of carbonyl (C=O) groups excluding carboxylic acids is 3. The molecule has 0 bridgehead atoms. The molecular weight excluding hydrogens is 360 g/mol. The molecule has 7 heteroatoms. The number of amides is 2. The number of hydrogen-bond donors (Lipinski definition) is 2. The highest BCUT2D eigenvalue weighted by molar-refractivity contribution is 5.89. The molecule has 0 fully saturated rings. The Balaban J connectivity index is 4.88. The van der Waals surface area contributed by atoms with Crippen LogP contribution in [0.5, 0.6) is 0 Å². The summed E-state index contributed by atoms with van der Waals surface area (Å²) in [6.07, 6.45) is 11.4. The first kappa shape index (κ1) is 25.8. The van der Waals surface area contributed by atoms with Crippen LogP contribution >= 0.6 is 0 Å². The molecule has 2 N–H and O–H groups in total. The average Bonchev–Trinajstić information content (AvgIpc) is 2.69. The zero-order valence-corrected chi connectivity index (χ0v) is 17.6. The summed E-state index contributed by atoms with van der Waals surface area (Å²) >= 11 is 0. The van der Waals surface area contributed by atoms with Crippen LogP contribution in [0.2, 0.25) is 0 Å². The lowest BCUT2D eigenvalue weighted by atomic mass is 10.1. The maximum Gasteiger partial charge on any atom is 0.408 e. The van der Waals surface area contributed by atoms with Crippen LogP contribution in [0.1, 0.15) is 78.6 Å². The number of rotatable bonds is 15. The van der Waals surface area contributed by atoms with Crippen molar-refractivity contribution < 1.29 is 23.9 Å². The Morgan fingerprint density at radius 1 is 0.857 bits per heavy atom. The number of esters is 1. The molecule has 0 rings (SSSR count). The SMILES string of the molecule is C#CCOC(=O)NC(CCCC)C(=O)NC(CCCC)C(=O)OCCCCC. The van der Waals surface area contributed by atoms with Gasteiger partial charge in [-0.15, -0.1) is 6.42 Å². The van der Waals surface area contributed by atoms with Gasteiger partial charge in [0.2, 0.25) is 5.91 Å². The fourth-order valence-electron chi connectivity index (χ4n) is 2.52. The normalized spacial score (nSPS) is 12.4. The van der Waals surface area contributed by atoms with Crippen LogP contribution in [0.15, 0.2) is 0 Å². The number of nitrogens with one attached hydrogen (secondary N) is 2. The van der Waals surface area contributed by atoms with Gasteiger partial charge >= 0.3 is 12.1 Å². The number of ether oxygens (including phenoxy) is 2. The van der Waals surface area contributed by atoms with Crippen molar-refractivity contribution in [2.45, 2.75) is 90.6 Å². The molecule has 0 heterocycles. The van der Waals surface area contributed by atoms with Gasteiger partial charge in [-0.1, -0.05) is 65.2 Å². The summed E-state index contributed by atoms with van der Waals surface area (Å²) in [4.78, 5) is 36.8. The van der Waals surface area contributed by atoms with Gasteiger partial charge < -0.3 is 20.1 Å². The van der Waals surface area contributed by atoms with E-state index >= 15 is 0 Å². The van der Waals surface area contributed by atoms with E-state index in [1.54, 1.807) is 0 Å². The summed E-state index contributed by atoms with van der Waals surface area (Å²) in [6.45, 7) is 6.25. The Morgan fingerprint density at radius 2 is 1.46 bits per heavy atom. The first-order valence-corrected chi connectivity index (χ1v) is 10.3. The second-order valence-corrected chi connectivity index (χ2v) is 6.70. The van der Waals surface area contributed by atoms with Crippen molar-refractivity contribution in [1.29, 1.82) is 0 Å². The van der Waals surface area contributed by atoms with Gasteiger partial charge in [0.1, 0.15) is 12.1 Å². The Labute approximate surface area is 169 Å². The molecule has 0 aliphatic heterocycles. The lowest BCUT2D eigenvalue weighted by Crippen LogP contribution is -2.52. The van der Waals surface area contributed by atoms with Gasteiger partial charge in [-0.2, -0.15) is 0 Å². The van der Waals surface area contributed by atoms with E-state index in [1.165, 1.54) is 0 Å². The lowest BCUT2D eigenvalue weighted by molar-refractivity contribution is -0.148. The van der Waals surface area contributed by atoms with Crippen molar-refractivity contribution in [3.63, 3.8) is 0 Å². The monoisotopic (exact) mass is 396 g/mol. The minimum atomic E-state index is -0.790. The highest BCUT2D eigenvalue weighted by Gasteiger charge is 2.27. The summed E-state index contributed by atoms with van der Waals surface area (Å²) in [5.41, 5.74) is 0. The molecular formula is C21H36N2O5. The summed E-state index contributed by atoms with van der Waals surface area (Å²) in [5, 5.41) is 5.26. The lowest BCUT2D eigenvalue weighted by Gasteiger charge is -2.22. The van der Waals surface area contributed by atoms with E-state index in [-0.39, 0.29) is 6.61 Å². The molecule has 0 radical (unpaired) electrons. The third kappa shape index (κ3) is 12.2. The molecule has 0 spiro atoms. The Bertz CT molecular complexity index is 502. The zero-order valence-electron chi connectivity index (χ0n) is 17.6. The van der Waals surface area contributed by atoms with Crippen LogP contribution in [0.3, 0.4) is 0 Å². The third-order valence-corrected chi connectivity index (χ3v) is 4.18.